The number of rotatable bonds is 6. The number of aromatic nitrogens is 1. The van der Waals surface area contributed by atoms with E-state index in [2.05, 4.69) is 41.9 Å². The summed E-state index contributed by atoms with van der Waals surface area (Å²) >= 11 is 0. The van der Waals surface area contributed by atoms with Gasteiger partial charge >= 0.3 is 0 Å². The van der Waals surface area contributed by atoms with Crippen LogP contribution >= 0.6 is 0 Å². The lowest BCUT2D eigenvalue weighted by atomic mass is 9.89. The molecule has 0 amide bonds. The lowest BCUT2D eigenvalue weighted by molar-refractivity contribution is 0.0523. The summed E-state index contributed by atoms with van der Waals surface area (Å²) in [7, 11) is 0. The molecular formula is C21H28N2O2. The summed E-state index contributed by atoms with van der Waals surface area (Å²) in [5.74, 6) is 1.28. The van der Waals surface area contributed by atoms with Crippen LogP contribution in [0.15, 0.2) is 42.6 Å². The van der Waals surface area contributed by atoms with E-state index >= 15 is 0 Å². The first-order valence-corrected chi connectivity index (χ1v) is 9.15. The molecule has 25 heavy (non-hydrogen) atoms. The van der Waals surface area contributed by atoms with E-state index in [0.717, 1.165) is 43.9 Å². The third kappa shape index (κ3) is 4.80. The first-order chi connectivity index (χ1) is 12.1. The first-order valence-electron chi connectivity index (χ1n) is 9.15. The van der Waals surface area contributed by atoms with Gasteiger partial charge in [0.05, 0.1) is 11.8 Å². The maximum absolute atomic E-state index is 10.5. The molecule has 134 valence electrons. The standard InChI is InChI=1S/C21H28N2O2/c1-16-6-7-20(17(2)15-16)25-14-13-23-11-8-18(9-12-23)21(24)19-5-3-4-10-22-19/h3-7,10,15,18,21,24H,8-9,11-14H2,1-2H3/t21-/m1/s1. The number of pyridine rings is 1. The fraction of sp³-hybridized carbons (Fsp3) is 0.476. The van der Waals surface area contributed by atoms with Gasteiger partial charge in [0.15, 0.2) is 0 Å². The molecule has 4 nitrogen and oxygen atoms in total. The van der Waals surface area contributed by atoms with Gasteiger partial charge in [-0.25, -0.2) is 0 Å². The molecule has 0 aliphatic carbocycles. The zero-order chi connectivity index (χ0) is 17.6. The van der Waals surface area contributed by atoms with Gasteiger partial charge < -0.3 is 9.84 Å². The first kappa shape index (κ1) is 17.9. The molecule has 4 heteroatoms. The summed E-state index contributed by atoms with van der Waals surface area (Å²) in [6, 6.07) is 12.0. The fourth-order valence-corrected chi connectivity index (χ4v) is 3.53. The third-order valence-electron chi connectivity index (χ3n) is 5.07. The monoisotopic (exact) mass is 340 g/mol. The summed E-state index contributed by atoms with van der Waals surface area (Å²) in [6.07, 6.45) is 3.30. The minimum Gasteiger partial charge on any atom is -0.492 e. The highest BCUT2D eigenvalue weighted by Gasteiger charge is 2.26. The number of nitrogens with zero attached hydrogens (tertiary/aromatic N) is 2. The predicted octanol–water partition coefficient (Wildman–Crippen LogP) is 3.52. The molecule has 1 aromatic heterocycles. The van der Waals surface area contributed by atoms with Crippen molar-refractivity contribution < 1.29 is 9.84 Å². The lowest BCUT2D eigenvalue weighted by Gasteiger charge is -2.33. The molecule has 1 saturated heterocycles. The second kappa shape index (κ2) is 8.45. The van der Waals surface area contributed by atoms with Crippen molar-refractivity contribution >= 4 is 0 Å². The smallest absolute Gasteiger partial charge is 0.122 e. The van der Waals surface area contributed by atoms with Crippen molar-refractivity contribution in [3.8, 4) is 5.75 Å². The Kier molecular flexibility index (Phi) is 6.05. The van der Waals surface area contributed by atoms with Crippen molar-refractivity contribution in [2.24, 2.45) is 5.92 Å². The molecule has 1 atom stereocenters. The van der Waals surface area contributed by atoms with Crippen LogP contribution in [0, 0.1) is 19.8 Å². The van der Waals surface area contributed by atoms with Crippen LogP contribution in [-0.4, -0.2) is 41.2 Å². The van der Waals surface area contributed by atoms with Gasteiger partial charge in [-0.05, 0) is 69.5 Å². The number of hydrogen-bond acceptors (Lipinski definition) is 4. The highest BCUT2D eigenvalue weighted by Crippen LogP contribution is 2.29. The van der Waals surface area contributed by atoms with Crippen LogP contribution in [0.3, 0.4) is 0 Å². The average molecular weight is 340 g/mol. The fourth-order valence-electron chi connectivity index (χ4n) is 3.53. The van der Waals surface area contributed by atoms with E-state index in [1.807, 2.05) is 18.2 Å². The third-order valence-corrected chi connectivity index (χ3v) is 5.07. The van der Waals surface area contributed by atoms with E-state index in [4.69, 9.17) is 4.74 Å². The number of aryl methyl sites for hydroxylation is 2. The second-order valence-electron chi connectivity index (χ2n) is 7.00. The van der Waals surface area contributed by atoms with Gasteiger partial charge in [-0.3, -0.25) is 9.88 Å². The van der Waals surface area contributed by atoms with Crippen molar-refractivity contribution in [3.63, 3.8) is 0 Å². The van der Waals surface area contributed by atoms with Crippen molar-refractivity contribution in [3.05, 3.63) is 59.4 Å². The topological polar surface area (TPSA) is 45.6 Å². The summed E-state index contributed by atoms with van der Waals surface area (Å²) in [4.78, 5) is 6.71. The van der Waals surface area contributed by atoms with Crippen LogP contribution in [0.25, 0.3) is 0 Å². The van der Waals surface area contributed by atoms with Crippen LogP contribution in [-0.2, 0) is 0 Å². The van der Waals surface area contributed by atoms with Crippen LogP contribution in [0.5, 0.6) is 5.75 Å². The van der Waals surface area contributed by atoms with E-state index in [0.29, 0.717) is 12.5 Å². The molecule has 0 unspecified atom stereocenters. The van der Waals surface area contributed by atoms with E-state index in [-0.39, 0.29) is 0 Å². The Morgan fingerprint density at radius 2 is 2.00 bits per heavy atom. The van der Waals surface area contributed by atoms with Gasteiger partial charge in [-0.1, -0.05) is 23.8 Å². The highest BCUT2D eigenvalue weighted by atomic mass is 16.5. The molecule has 0 radical (unpaired) electrons. The Bertz CT molecular complexity index is 667. The number of ether oxygens (including phenoxy) is 1. The maximum atomic E-state index is 10.5. The Morgan fingerprint density at radius 1 is 1.20 bits per heavy atom. The van der Waals surface area contributed by atoms with Crippen LogP contribution in [0.1, 0.15) is 35.8 Å². The van der Waals surface area contributed by atoms with Gasteiger partial charge in [-0.2, -0.15) is 0 Å². The molecule has 2 heterocycles. The second-order valence-corrected chi connectivity index (χ2v) is 7.00. The molecular weight excluding hydrogens is 312 g/mol. The Balaban J connectivity index is 1.42. The molecule has 1 aromatic carbocycles. The molecule has 0 bridgehead atoms. The van der Waals surface area contributed by atoms with Gasteiger partial charge in [0, 0.05) is 12.7 Å². The van der Waals surface area contributed by atoms with E-state index < -0.39 is 6.10 Å². The number of aliphatic hydroxyl groups excluding tert-OH is 1. The zero-order valence-electron chi connectivity index (χ0n) is 15.2. The van der Waals surface area contributed by atoms with Crippen molar-refractivity contribution in [1.82, 2.24) is 9.88 Å². The normalized spacial score (nSPS) is 17.4. The maximum Gasteiger partial charge on any atom is 0.122 e. The van der Waals surface area contributed by atoms with Gasteiger partial charge in [0.1, 0.15) is 12.4 Å². The number of likely N-dealkylation sites (tertiary alicyclic amines) is 1. The molecule has 1 aliphatic heterocycles. The van der Waals surface area contributed by atoms with Crippen molar-refractivity contribution in [2.45, 2.75) is 32.8 Å². The molecule has 1 fully saturated rings. The molecule has 0 spiro atoms. The van der Waals surface area contributed by atoms with Gasteiger partial charge in [0.25, 0.3) is 0 Å². The summed E-state index contributed by atoms with van der Waals surface area (Å²) in [5.41, 5.74) is 3.25. The minimum atomic E-state index is -0.449. The number of piperidine rings is 1. The highest BCUT2D eigenvalue weighted by molar-refractivity contribution is 5.35. The summed E-state index contributed by atoms with van der Waals surface area (Å²) in [6.45, 7) is 7.83. The Morgan fingerprint density at radius 3 is 2.68 bits per heavy atom. The lowest BCUT2D eigenvalue weighted by Crippen LogP contribution is -2.38. The minimum absolute atomic E-state index is 0.298. The van der Waals surface area contributed by atoms with Crippen LogP contribution < -0.4 is 4.74 Å². The molecule has 1 N–H and O–H groups in total. The van der Waals surface area contributed by atoms with E-state index in [1.165, 1.54) is 11.1 Å². The number of hydrogen-bond donors (Lipinski definition) is 1. The van der Waals surface area contributed by atoms with Gasteiger partial charge in [0.2, 0.25) is 0 Å². The number of benzene rings is 1. The van der Waals surface area contributed by atoms with Gasteiger partial charge in [-0.15, -0.1) is 0 Å². The summed E-state index contributed by atoms with van der Waals surface area (Å²) < 4.78 is 5.94. The van der Waals surface area contributed by atoms with Crippen molar-refractivity contribution in [1.29, 1.82) is 0 Å². The quantitative estimate of drug-likeness (QED) is 0.874. The molecule has 3 rings (SSSR count). The SMILES string of the molecule is Cc1ccc(OCCN2CCC([C@@H](O)c3ccccn3)CC2)c(C)c1. The van der Waals surface area contributed by atoms with Crippen LogP contribution in [0.2, 0.25) is 0 Å². The van der Waals surface area contributed by atoms with E-state index in [1.54, 1.807) is 6.20 Å². The Hall–Kier alpha value is -1.91. The molecule has 2 aromatic rings. The largest absolute Gasteiger partial charge is 0.492 e. The number of aliphatic hydroxyl groups is 1. The van der Waals surface area contributed by atoms with Crippen LogP contribution in [0.4, 0.5) is 0 Å². The predicted molar refractivity (Wildman–Crippen MR) is 99.8 cm³/mol. The molecule has 1 aliphatic rings. The summed E-state index contributed by atoms with van der Waals surface area (Å²) in [5, 5.41) is 10.5. The zero-order valence-corrected chi connectivity index (χ0v) is 15.2. The molecule has 0 saturated carbocycles. The Labute approximate surface area is 150 Å². The average Bonchev–Trinajstić information content (AvgIpc) is 2.64. The van der Waals surface area contributed by atoms with Crippen molar-refractivity contribution in [2.75, 3.05) is 26.2 Å². The van der Waals surface area contributed by atoms with E-state index in [9.17, 15) is 5.11 Å².